The van der Waals surface area contributed by atoms with Gasteiger partial charge in [-0.3, -0.25) is 9.59 Å². The van der Waals surface area contributed by atoms with Gasteiger partial charge in [-0.25, -0.2) is 5.43 Å². The van der Waals surface area contributed by atoms with E-state index in [1.807, 2.05) is 48.5 Å². The van der Waals surface area contributed by atoms with Crippen molar-refractivity contribution in [2.45, 2.75) is 0 Å². The van der Waals surface area contributed by atoms with E-state index in [0.29, 0.717) is 5.56 Å². The molecular formula is C24H18IN3O2. The summed E-state index contributed by atoms with van der Waals surface area (Å²) in [6, 6.07) is 25.5. The summed E-state index contributed by atoms with van der Waals surface area (Å²) in [5.41, 5.74) is 3.97. The van der Waals surface area contributed by atoms with Crippen molar-refractivity contribution in [2.24, 2.45) is 5.10 Å². The first-order valence-corrected chi connectivity index (χ1v) is 10.5. The van der Waals surface area contributed by atoms with Crippen LogP contribution in [0.4, 0.5) is 0 Å². The summed E-state index contributed by atoms with van der Waals surface area (Å²) >= 11 is 2.09. The number of hydrazone groups is 1. The van der Waals surface area contributed by atoms with Crippen LogP contribution in [-0.4, -0.2) is 24.6 Å². The minimum absolute atomic E-state index is 0.155. The number of halogens is 1. The van der Waals surface area contributed by atoms with Crippen molar-refractivity contribution in [1.29, 1.82) is 0 Å². The van der Waals surface area contributed by atoms with E-state index < -0.39 is 5.91 Å². The van der Waals surface area contributed by atoms with Gasteiger partial charge in [0.1, 0.15) is 0 Å². The molecule has 0 aliphatic carbocycles. The molecule has 6 heteroatoms. The van der Waals surface area contributed by atoms with Gasteiger partial charge in [-0.2, -0.15) is 5.10 Å². The zero-order valence-electron chi connectivity index (χ0n) is 15.9. The van der Waals surface area contributed by atoms with Crippen LogP contribution in [0.25, 0.3) is 21.5 Å². The lowest BCUT2D eigenvalue weighted by molar-refractivity contribution is -0.120. The first kappa shape index (κ1) is 20.0. The van der Waals surface area contributed by atoms with E-state index in [4.69, 9.17) is 0 Å². The van der Waals surface area contributed by atoms with Crippen LogP contribution < -0.4 is 10.7 Å². The van der Waals surface area contributed by atoms with E-state index in [-0.39, 0.29) is 12.5 Å². The second kappa shape index (κ2) is 9.04. The van der Waals surface area contributed by atoms with Crippen molar-refractivity contribution in [2.75, 3.05) is 6.54 Å². The highest BCUT2D eigenvalue weighted by molar-refractivity contribution is 14.1. The molecule has 148 valence electrons. The molecule has 2 N–H and O–H groups in total. The van der Waals surface area contributed by atoms with Crippen molar-refractivity contribution in [3.8, 4) is 0 Å². The molecule has 4 aromatic carbocycles. The number of carbonyl (C=O) groups excluding carboxylic acids is 2. The highest BCUT2D eigenvalue weighted by Crippen LogP contribution is 2.27. The number of fused-ring (bicyclic) bond motifs is 2. The van der Waals surface area contributed by atoms with Crippen LogP contribution in [0, 0.1) is 3.57 Å². The maximum absolute atomic E-state index is 12.2. The van der Waals surface area contributed by atoms with E-state index in [0.717, 1.165) is 30.7 Å². The van der Waals surface area contributed by atoms with Gasteiger partial charge in [0.2, 0.25) is 0 Å². The molecule has 0 unspecified atom stereocenters. The molecule has 4 aromatic rings. The zero-order chi connectivity index (χ0) is 20.9. The Balaban J connectivity index is 1.48. The third-order valence-corrected chi connectivity index (χ3v) is 5.66. The summed E-state index contributed by atoms with van der Waals surface area (Å²) in [5, 5.41) is 11.1. The fraction of sp³-hybridized carbons (Fsp3) is 0.0417. The molecule has 0 aliphatic heterocycles. The minimum Gasteiger partial charge on any atom is -0.343 e. The van der Waals surface area contributed by atoms with Crippen LogP contribution in [0.5, 0.6) is 0 Å². The molecule has 2 amide bonds. The first-order valence-electron chi connectivity index (χ1n) is 9.38. The number of rotatable bonds is 5. The molecule has 30 heavy (non-hydrogen) atoms. The maximum atomic E-state index is 12.2. The van der Waals surface area contributed by atoms with Gasteiger partial charge in [0.15, 0.2) is 0 Å². The van der Waals surface area contributed by atoms with Crippen molar-refractivity contribution >= 4 is 62.2 Å². The standard InChI is InChI=1S/C24H18IN3O2/c25-22-12-6-5-11-20(22)24(30)26-15-23(29)28-27-14-21-18-9-3-1-7-16(18)13-17-8-2-4-10-19(17)21/h1-14H,15H2,(H,26,30)(H,28,29)/b27-14+. The van der Waals surface area contributed by atoms with Gasteiger partial charge in [-0.05, 0) is 62.3 Å². The Kier molecular flexibility index (Phi) is 6.04. The monoisotopic (exact) mass is 507 g/mol. The summed E-state index contributed by atoms with van der Waals surface area (Å²) in [4.78, 5) is 24.4. The normalized spacial score (nSPS) is 11.1. The molecule has 0 aromatic heterocycles. The van der Waals surface area contributed by atoms with Crippen LogP contribution >= 0.6 is 22.6 Å². The lowest BCUT2D eigenvalue weighted by Gasteiger charge is -2.08. The maximum Gasteiger partial charge on any atom is 0.259 e. The second-order valence-corrected chi connectivity index (χ2v) is 7.85. The van der Waals surface area contributed by atoms with Gasteiger partial charge < -0.3 is 5.32 Å². The van der Waals surface area contributed by atoms with Crippen molar-refractivity contribution in [3.05, 3.63) is 93.6 Å². The molecule has 5 nitrogen and oxygen atoms in total. The van der Waals surface area contributed by atoms with E-state index in [1.165, 1.54) is 0 Å². The molecule has 0 spiro atoms. The number of hydrogen-bond donors (Lipinski definition) is 2. The SMILES string of the molecule is O=C(CNC(=O)c1ccccc1I)N/N=C/c1c2ccccc2cc2ccccc12. The Bertz CT molecular complexity index is 1230. The summed E-state index contributed by atoms with van der Waals surface area (Å²) in [6.07, 6.45) is 1.66. The average molecular weight is 507 g/mol. The Morgan fingerprint density at radius 2 is 1.47 bits per heavy atom. The Labute approximate surface area is 187 Å². The molecule has 0 bridgehead atoms. The predicted molar refractivity (Wildman–Crippen MR) is 129 cm³/mol. The molecule has 0 atom stereocenters. The largest absolute Gasteiger partial charge is 0.343 e. The van der Waals surface area contributed by atoms with Crippen LogP contribution in [0.2, 0.25) is 0 Å². The van der Waals surface area contributed by atoms with Gasteiger partial charge in [0, 0.05) is 9.13 Å². The fourth-order valence-corrected chi connectivity index (χ4v) is 3.93. The zero-order valence-corrected chi connectivity index (χ0v) is 18.1. The number of nitrogens with zero attached hydrogens (tertiary/aromatic N) is 1. The molecule has 0 saturated carbocycles. The Hall–Kier alpha value is -3.26. The van der Waals surface area contributed by atoms with Gasteiger partial charge in [-0.15, -0.1) is 0 Å². The molecule has 4 rings (SSSR count). The van der Waals surface area contributed by atoms with Crippen molar-refractivity contribution in [1.82, 2.24) is 10.7 Å². The highest BCUT2D eigenvalue weighted by atomic mass is 127. The highest BCUT2D eigenvalue weighted by Gasteiger charge is 2.10. The summed E-state index contributed by atoms with van der Waals surface area (Å²) in [5.74, 6) is -0.686. The third-order valence-electron chi connectivity index (χ3n) is 4.72. The quantitative estimate of drug-likeness (QED) is 0.181. The van der Waals surface area contributed by atoms with Gasteiger partial charge in [-0.1, -0.05) is 60.7 Å². The number of nitrogens with one attached hydrogen (secondary N) is 2. The second-order valence-electron chi connectivity index (χ2n) is 6.69. The smallest absolute Gasteiger partial charge is 0.259 e. The molecule has 0 fully saturated rings. The number of hydrogen-bond acceptors (Lipinski definition) is 3. The van der Waals surface area contributed by atoms with Crippen LogP contribution in [-0.2, 0) is 4.79 Å². The summed E-state index contributed by atoms with van der Waals surface area (Å²) in [7, 11) is 0. The lowest BCUT2D eigenvalue weighted by atomic mass is 9.97. The van der Waals surface area contributed by atoms with Crippen LogP contribution in [0.15, 0.2) is 84.0 Å². The summed E-state index contributed by atoms with van der Waals surface area (Å²) < 4.78 is 0.828. The Morgan fingerprint density at radius 3 is 2.13 bits per heavy atom. The van der Waals surface area contributed by atoms with Crippen LogP contribution in [0.3, 0.4) is 0 Å². The topological polar surface area (TPSA) is 70.6 Å². The first-order chi connectivity index (χ1) is 14.6. The van der Waals surface area contributed by atoms with E-state index >= 15 is 0 Å². The lowest BCUT2D eigenvalue weighted by Crippen LogP contribution is -2.35. The van der Waals surface area contributed by atoms with E-state index in [1.54, 1.807) is 18.3 Å². The fourth-order valence-electron chi connectivity index (χ4n) is 3.30. The van der Waals surface area contributed by atoms with E-state index in [2.05, 4.69) is 56.6 Å². The Morgan fingerprint density at radius 1 is 0.867 bits per heavy atom. The number of carbonyl (C=O) groups is 2. The predicted octanol–water partition coefficient (Wildman–Crippen LogP) is 4.48. The van der Waals surface area contributed by atoms with Crippen molar-refractivity contribution in [3.63, 3.8) is 0 Å². The van der Waals surface area contributed by atoms with Gasteiger partial charge >= 0.3 is 0 Å². The molecular weight excluding hydrogens is 489 g/mol. The average Bonchev–Trinajstić information content (AvgIpc) is 2.77. The minimum atomic E-state index is -0.393. The van der Waals surface area contributed by atoms with Gasteiger partial charge in [0.25, 0.3) is 11.8 Å². The van der Waals surface area contributed by atoms with Gasteiger partial charge in [0.05, 0.1) is 18.3 Å². The molecule has 0 saturated heterocycles. The third kappa shape index (κ3) is 4.33. The summed E-state index contributed by atoms with van der Waals surface area (Å²) in [6.45, 7) is -0.155. The molecule has 0 aliphatic rings. The number of benzene rings is 4. The molecule has 0 radical (unpaired) electrons. The number of amides is 2. The van der Waals surface area contributed by atoms with Crippen molar-refractivity contribution < 1.29 is 9.59 Å². The van der Waals surface area contributed by atoms with E-state index in [9.17, 15) is 9.59 Å². The van der Waals surface area contributed by atoms with Crippen LogP contribution in [0.1, 0.15) is 15.9 Å². The molecule has 0 heterocycles.